The van der Waals surface area contributed by atoms with Crippen LogP contribution in [0.4, 0.5) is 5.82 Å². The minimum atomic E-state index is 0.0117. The molecule has 7 heteroatoms. The van der Waals surface area contributed by atoms with E-state index in [1.54, 1.807) is 6.33 Å². The van der Waals surface area contributed by atoms with Gasteiger partial charge in [-0.3, -0.25) is 4.79 Å². The fourth-order valence-electron chi connectivity index (χ4n) is 4.02. The van der Waals surface area contributed by atoms with Crippen LogP contribution in [-0.4, -0.2) is 59.5 Å². The SMILES string of the molecule is CCN(CC)CCCNC(=O)c1sc2ncnc(N3CCCCC3C)c2c1C. The van der Waals surface area contributed by atoms with Gasteiger partial charge < -0.3 is 15.1 Å². The number of fused-ring (bicyclic) bond motifs is 1. The van der Waals surface area contributed by atoms with Gasteiger partial charge in [0.2, 0.25) is 0 Å². The number of aromatic nitrogens is 2. The second-order valence-corrected chi connectivity index (χ2v) is 8.61. The molecular formula is C21H33N5OS. The number of hydrogen-bond acceptors (Lipinski definition) is 6. The van der Waals surface area contributed by atoms with Crippen LogP contribution in [0.25, 0.3) is 10.2 Å². The van der Waals surface area contributed by atoms with Crippen molar-refractivity contribution in [3.05, 3.63) is 16.8 Å². The summed E-state index contributed by atoms with van der Waals surface area (Å²) in [5.41, 5.74) is 1.01. The first kappa shape index (κ1) is 21.0. The molecule has 1 aliphatic heterocycles. The lowest BCUT2D eigenvalue weighted by atomic mass is 10.0. The number of anilines is 1. The van der Waals surface area contributed by atoms with Crippen molar-refractivity contribution in [1.82, 2.24) is 20.2 Å². The molecule has 3 rings (SSSR count). The monoisotopic (exact) mass is 403 g/mol. The summed E-state index contributed by atoms with van der Waals surface area (Å²) in [4.78, 5) is 28.3. The number of hydrogen-bond donors (Lipinski definition) is 1. The lowest BCUT2D eigenvalue weighted by molar-refractivity contribution is 0.0955. The Hall–Kier alpha value is -1.73. The number of carbonyl (C=O) groups is 1. The summed E-state index contributed by atoms with van der Waals surface area (Å²) in [7, 11) is 0. The molecule has 6 nitrogen and oxygen atoms in total. The number of piperidine rings is 1. The van der Waals surface area contributed by atoms with Gasteiger partial charge in [-0.15, -0.1) is 11.3 Å². The number of carbonyl (C=O) groups excluding carboxylic acids is 1. The summed E-state index contributed by atoms with van der Waals surface area (Å²) < 4.78 is 0. The molecule has 0 spiro atoms. The van der Waals surface area contributed by atoms with Crippen LogP contribution in [0, 0.1) is 6.92 Å². The van der Waals surface area contributed by atoms with Crippen LogP contribution >= 0.6 is 11.3 Å². The topological polar surface area (TPSA) is 61.4 Å². The van der Waals surface area contributed by atoms with E-state index in [-0.39, 0.29) is 5.91 Å². The summed E-state index contributed by atoms with van der Waals surface area (Å²) in [5, 5.41) is 4.15. The molecule has 3 heterocycles. The van der Waals surface area contributed by atoms with Gasteiger partial charge in [0.1, 0.15) is 17.0 Å². The van der Waals surface area contributed by atoms with Gasteiger partial charge in [-0.1, -0.05) is 13.8 Å². The lowest BCUT2D eigenvalue weighted by Crippen LogP contribution is -2.38. The van der Waals surface area contributed by atoms with Crippen LogP contribution in [0.3, 0.4) is 0 Å². The van der Waals surface area contributed by atoms with Crippen molar-refractivity contribution in [3.8, 4) is 0 Å². The molecule has 0 radical (unpaired) electrons. The highest BCUT2D eigenvalue weighted by Crippen LogP contribution is 2.36. The van der Waals surface area contributed by atoms with Crippen LogP contribution in [0.5, 0.6) is 0 Å². The van der Waals surface area contributed by atoms with Crippen molar-refractivity contribution >= 4 is 33.3 Å². The van der Waals surface area contributed by atoms with Gasteiger partial charge in [-0.2, -0.15) is 0 Å². The van der Waals surface area contributed by atoms with Crippen LogP contribution in [0.1, 0.15) is 61.7 Å². The predicted octanol–water partition coefficient (Wildman–Crippen LogP) is 3.84. The van der Waals surface area contributed by atoms with Crippen molar-refractivity contribution < 1.29 is 4.79 Å². The third-order valence-electron chi connectivity index (χ3n) is 5.82. The van der Waals surface area contributed by atoms with Crippen LogP contribution in [-0.2, 0) is 0 Å². The zero-order valence-electron chi connectivity index (χ0n) is 17.6. The number of thiophene rings is 1. The van der Waals surface area contributed by atoms with E-state index >= 15 is 0 Å². The second kappa shape index (κ2) is 9.65. The maximum absolute atomic E-state index is 12.8. The largest absolute Gasteiger partial charge is 0.353 e. The Morgan fingerprint density at radius 1 is 1.32 bits per heavy atom. The number of aryl methyl sites for hydroxylation is 1. The van der Waals surface area contributed by atoms with Crippen LogP contribution in [0.15, 0.2) is 6.33 Å². The number of rotatable bonds is 8. The van der Waals surface area contributed by atoms with Gasteiger partial charge in [0, 0.05) is 19.1 Å². The second-order valence-electron chi connectivity index (χ2n) is 7.61. The van der Waals surface area contributed by atoms with Crippen molar-refractivity contribution in [2.45, 2.75) is 59.4 Å². The Balaban J connectivity index is 1.75. The molecule has 28 heavy (non-hydrogen) atoms. The first-order valence-corrected chi connectivity index (χ1v) is 11.4. The van der Waals surface area contributed by atoms with E-state index in [0.717, 1.165) is 59.1 Å². The standard InChI is InChI=1S/C21H33N5OS/c1-5-25(6-2)12-9-11-22-20(27)18-16(4)17-19(23-14-24-21(17)28-18)26-13-8-7-10-15(26)3/h14-15H,5-13H2,1-4H3,(H,22,27). The highest BCUT2D eigenvalue weighted by molar-refractivity contribution is 7.20. The third kappa shape index (κ3) is 4.46. The van der Waals surface area contributed by atoms with Crippen molar-refractivity contribution in [2.75, 3.05) is 37.6 Å². The molecule has 1 N–H and O–H groups in total. The molecule has 1 unspecified atom stereocenters. The first-order valence-electron chi connectivity index (χ1n) is 10.6. The molecule has 0 saturated carbocycles. The van der Waals surface area contributed by atoms with Gasteiger partial charge in [0.15, 0.2) is 0 Å². The summed E-state index contributed by atoms with van der Waals surface area (Å²) in [6.07, 6.45) is 6.26. The Morgan fingerprint density at radius 2 is 2.11 bits per heavy atom. The van der Waals surface area contributed by atoms with E-state index in [1.165, 1.54) is 30.6 Å². The summed E-state index contributed by atoms with van der Waals surface area (Å²) in [6.45, 7) is 13.5. The number of amides is 1. The first-order chi connectivity index (χ1) is 13.6. The number of nitrogens with zero attached hydrogens (tertiary/aromatic N) is 4. The van der Waals surface area contributed by atoms with Crippen molar-refractivity contribution in [3.63, 3.8) is 0 Å². The van der Waals surface area contributed by atoms with E-state index in [4.69, 9.17) is 0 Å². The molecule has 1 aliphatic rings. The Bertz CT molecular complexity index is 801. The normalized spacial score (nSPS) is 17.5. The van der Waals surface area contributed by atoms with E-state index in [0.29, 0.717) is 12.6 Å². The van der Waals surface area contributed by atoms with Gasteiger partial charge in [0.05, 0.1) is 10.3 Å². The molecule has 1 atom stereocenters. The zero-order valence-corrected chi connectivity index (χ0v) is 18.4. The fraction of sp³-hybridized carbons (Fsp3) is 0.667. The van der Waals surface area contributed by atoms with Gasteiger partial charge in [-0.25, -0.2) is 9.97 Å². The quantitative estimate of drug-likeness (QED) is 0.679. The summed E-state index contributed by atoms with van der Waals surface area (Å²) in [5.74, 6) is 1.00. The van der Waals surface area contributed by atoms with Gasteiger partial charge in [0.25, 0.3) is 5.91 Å². The lowest BCUT2D eigenvalue weighted by Gasteiger charge is -2.34. The predicted molar refractivity (Wildman–Crippen MR) is 118 cm³/mol. The van der Waals surface area contributed by atoms with Gasteiger partial charge in [-0.05, 0) is 64.7 Å². The Morgan fingerprint density at radius 3 is 2.82 bits per heavy atom. The van der Waals surface area contributed by atoms with E-state index < -0.39 is 0 Å². The Labute approximate surface area is 172 Å². The molecule has 0 aliphatic carbocycles. The molecule has 1 fully saturated rings. The van der Waals surface area contributed by atoms with E-state index in [2.05, 4.69) is 45.9 Å². The van der Waals surface area contributed by atoms with Crippen LogP contribution < -0.4 is 10.2 Å². The van der Waals surface area contributed by atoms with E-state index in [9.17, 15) is 4.79 Å². The molecule has 2 aromatic heterocycles. The minimum Gasteiger partial charge on any atom is -0.353 e. The highest BCUT2D eigenvalue weighted by Gasteiger charge is 2.25. The molecule has 1 amide bonds. The molecule has 2 aromatic rings. The van der Waals surface area contributed by atoms with Crippen molar-refractivity contribution in [1.29, 1.82) is 0 Å². The zero-order chi connectivity index (χ0) is 20.1. The average molecular weight is 404 g/mol. The molecule has 0 aromatic carbocycles. The minimum absolute atomic E-state index is 0.0117. The average Bonchev–Trinajstić information content (AvgIpc) is 3.05. The number of nitrogens with one attached hydrogen (secondary N) is 1. The van der Waals surface area contributed by atoms with Crippen molar-refractivity contribution in [2.24, 2.45) is 0 Å². The fourth-order valence-corrected chi connectivity index (χ4v) is 5.08. The molecule has 1 saturated heterocycles. The molecule has 0 bridgehead atoms. The van der Waals surface area contributed by atoms with Gasteiger partial charge >= 0.3 is 0 Å². The summed E-state index contributed by atoms with van der Waals surface area (Å²) in [6, 6.07) is 0.475. The molecular weight excluding hydrogens is 370 g/mol. The maximum atomic E-state index is 12.8. The Kier molecular flexibility index (Phi) is 7.24. The third-order valence-corrected chi connectivity index (χ3v) is 7.02. The summed E-state index contributed by atoms with van der Waals surface area (Å²) >= 11 is 1.48. The van der Waals surface area contributed by atoms with Crippen LogP contribution in [0.2, 0.25) is 0 Å². The highest BCUT2D eigenvalue weighted by atomic mass is 32.1. The van der Waals surface area contributed by atoms with E-state index in [1.807, 2.05) is 6.92 Å². The molecule has 154 valence electrons. The smallest absolute Gasteiger partial charge is 0.261 e. The maximum Gasteiger partial charge on any atom is 0.261 e.